The van der Waals surface area contributed by atoms with Crippen LogP contribution >= 0.6 is 0 Å². The first-order chi connectivity index (χ1) is 19.4. The Bertz CT molecular complexity index is 1060. The molecule has 5 rings (SSSR count). The van der Waals surface area contributed by atoms with Crippen LogP contribution in [0.1, 0.15) is 76.3 Å². The van der Waals surface area contributed by atoms with Gasteiger partial charge in [0.1, 0.15) is 6.10 Å². The van der Waals surface area contributed by atoms with Gasteiger partial charge in [0.2, 0.25) is 11.9 Å². The van der Waals surface area contributed by atoms with E-state index in [2.05, 4.69) is 0 Å². The van der Waals surface area contributed by atoms with Gasteiger partial charge < -0.3 is 28.6 Å². The maximum atomic E-state index is 14.4. The molecule has 3 unspecified atom stereocenters. The average Bonchev–Trinajstić information content (AvgIpc) is 3.53. The first-order valence-electron chi connectivity index (χ1n) is 14.5. The fraction of sp³-hybridized carbons (Fsp3) is 0.531. The molecule has 3 heterocycles. The molecule has 0 saturated carbocycles. The highest BCUT2D eigenvalue weighted by molar-refractivity contribution is 5.86. The SMILES string of the molecule is CCC(=O)OC(CC)OC(C(=O)OC1CC2CCC(C1)[N+]21CCCC1)(c1ccccc1)c1ccccc1.O=C[O-]. The summed E-state index contributed by atoms with van der Waals surface area (Å²) in [4.78, 5) is 34.9. The second-order valence-electron chi connectivity index (χ2n) is 10.9. The topological polar surface area (TPSA) is 102 Å². The molecule has 3 aliphatic heterocycles. The molecule has 8 nitrogen and oxygen atoms in total. The summed E-state index contributed by atoms with van der Waals surface area (Å²) in [5, 5.41) is 8.25. The van der Waals surface area contributed by atoms with Gasteiger partial charge >= 0.3 is 11.9 Å². The lowest BCUT2D eigenvalue weighted by atomic mass is 9.85. The van der Waals surface area contributed by atoms with Crippen LogP contribution in [0.25, 0.3) is 0 Å². The van der Waals surface area contributed by atoms with E-state index in [4.69, 9.17) is 24.1 Å². The molecule has 3 aliphatic rings. The molecular weight excluding hydrogens is 510 g/mol. The minimum Gasteiger partial charge on any atom is -0.554 e. The van der Waals surface area contributed by atoms with Crippen LogP contribution in [0.2, 0.25) is 0 Å². The highest BCUT2D eigenvalue weighted by atomic mass is 16.7. The number of carboxylic acid groups (broad SMARTS) is 1. The van der Waals surface area contributed by atoms with Crippen LogP contribution in [0, 0.1) is 0 Å². The molecule has 2 bridgehead atoms. The van der Waals surface area contributed by atoms with E-state index in [1.54, 1.807) is 6.92 Å². The van der Waals surface area contributed by atoms with Crippen molar-refractivity contribution in [2.24, 2.45) is 0 Å². The molecule has 0 amide bonds. The maximum Gasteiger partial charge on any atom is 0.348 e. The first kappa shape index (κ1) is 29.7. The fourth-order valence-corrected chi connectivity index (χ4v) is 7.09. The Hall–Kier alpha value is -3.23. The summed E-state index contributed by atoms with van der Waals surface area (Å²) >= 11 is 0. The van der Waals surface area contributed by atoms with Gasteiger partial charge in [-0.15, -0.1) is 0 Å². The van der Waals surface area contributed by atoms with Crippen molar-refractivity contribution in [3.8, 4) is 0 Å². The van der Waals surface area contributed by atoms with Gasteiger partial charge in [-0.3, -0.25) is 4.79 Å². The third-order valence-corrected chi connectivity index (χ3v) is 8.87. The quantitative estimate of drug-likeness (QED) is 0.202. The lowest BCUT2D eigenvalue weighted by molar-refractivity contribution is -0.956. The molecule has 0 aromatic heterocycles. The summed E-state index contributed by atoms with van der Waals surface area (Å²) in [6, 6.07) is 20.1. The van der Waals surface area contributed by atoms with Gasteiger partial charge in [-0.05, 0) is 11.1 Å². The predicted octanol–water partition coefficient (Wildman–Crippen LogP) is 3.85. The number of carbonyl (C=O) groups is 3. The zero-order valence-corrected chi connectivity index (χ0v) is 23.5. The number of benzene rings is 2. The van der Waals surface area contributed by atoms with Crippen LogP contribution < -0.4 is 5.11 Å². The van der Waals surface area contributed by atoms with Crippen molar-refractivity contribution in [2.45, 2.75) is 95.3 Å². The lowest BCUT2D eigenvalue weighted by Gasteiger charge is -2.47. The van der Waals surface area contributed by atoms with Gasteiger partial charge in [-0.25, -0.2) is 4.79 Å². The number of ether oxygens (including phenoxy) is 3. The van der Waals surface area contributed by atoms with E-state index >= 15 is 0 Å². The number of esters is 2. The number of hydrogen-bond acceptors (Lipinski definition) is 7. The number of carbonyl (C=O) groups excluding carboxylic acids is 3. The van der Waals surface area contributed by atoms with Crippen LogP contribution in [-0.2, 0) is 34.2 Å². The van der Waals surface area contributed by atoms with Crippen LogP contribution in [0.15, 0.2) is 60.7 Å². The second-order valence-corrected chi connectivity index (χ2v) is 10.9. The standard InChI is InChI=1S/C31H40NO5.CH2O2/c1-3-28(33)36-29(4-2)37-31(23-13-7-5-8-14-23,24-15-9-6-10-16-24)30(34)35-27-21-25-17-18-26(22-27)32(25)19-11-12-20-32;2-1-3/h5-10,13-16,25-27,29H,3-4,11-12,17-22H2,1-2H3;1H,(H,2,3)/q+1;/p-1. The molecule has 0 radical (unpaired) electrons. The minimum atomic E-state index is -1.55. The van der Waals surface area contributed by atoms with E-state index < -0.39 is 24.3 Å². The number of quaternary nitrogens is 1. The molecule has 2 aromatic rings. The predicted molar refractivity (Wildman–Crippen MR) is 146 cm³/mol. The molecule has 3 atom stereocenters. The Labute approximate surface area is 236 Å². The molecule has 0 N–H and O–H groups in total. The van der Waals surface area contributed by atoms with Gasteiger partial charge in [0.25, 0.3) is 0 Å². The average molecular weight is 552 g/mol. The number of rotatable bonds is 9. The summed E-state index contributed by atoms with van der Waals surface area (Å²) in [5.41, 5.74) is -0.216. The third kappa shape index (κ3) is 5.93. The first-order valence-corrected chi connectivity index (χ1v) is 14.5. The normalized spacial score (nSPS) is 23.5. The monoisotopic (exact) mass is 551 g/mol. The van der Waals surface area contributed by atoms with Crippen LogP contribution in [0.4, 0.5) is 0 Å². The summed E-state index contributed by atoms with van der Waals surface area (Å²) < 4.78 is 19.9. The summed E-state index contributed by atoms with van der Waals surface area (Å²) in [7, 11) is 0. The van der Waals surface area contributed by atoms with Crippen LogP contribution in [0.3, 0.4) is 0 Å². The molecule has 3 fully saturated rings. The summed E-state index contributed by atoms with van der Waals surface area (Å²) in [6.45, 7) is 5.69. The lowest BCUT2D eigenvalue weighted by Crippen LogP contribution is -2.60. The highest BCUT2D eigenvalue weighted by Crippen LogP contribution is 2.47. The van der Waals surface area contributed by atoms with E-state index in [1.807, 2.05) is 67.6 Å². The van der Waals surface area contributed by atoms with E-state index in [1.165, 1.54) is 43.3 Å². The van der Waals surface area contributed by atoms with Gasteiger partial charge in [0, 0.05) is 57.8 Å². The van der Waals surface area contributed by atoms with Crippen molar-refractivity contribution < 1.29 is 38.2 Å². The summed E-state index contributed by atoms with van der Waals surface area (Å²) in [6.07, 6.45) is 6.51. The number of nitrogens with zero attached hydrogens (tertiary/aromatic N) is 1. The van der Waals surface area contributed by atoms with E-state index in [0.717, 1.165) is 12.8 Å². The van der Waals surface area contributed by atoms with Gasteiger partial charge in [0.15, 0.2) is 0 Å². The highest BCUT2D eigenvalue weighted by Gasteiger charge is 2.57. The molecule has 0 aliphatic carbocycles. The molecule has 8 heteroatoms. The van der Waals surface area contributed by atoms with Crippen LogP contribution in [0.5, 0.6) is 0 Å². The van der Waals surface area contributed by atoms with Gasteiger partial charge in [0.05, 0.1) is 25.2 Å². The molecular formula is C32H41NO7. The molecule has 1 spiro atoms. The Morgan fingerprint density at radius 2 is 1.45 bits per heavy atom. The Morgan fingerprint density at radius 1 is 0.950 bits per heavy atom. The maximum absolute atomic E-state index is 14.4. The Balaban J connectivity index is 0.00000118. The number of piperidine rings is 1. The van der Waals surface area contributed by atoms with Crippen molar-refractivity contribution in [3.05, 3.63) is 71.8 Å². The molecule has 3 saturated heterocycles. The smallest absolute Gasteiger partial charge is 0.348 e. The second kappa shape index (κ2) is 13.4. The Morgan fingerprint density at radius 3 is 1.90 bits per heavy atom. The third-order valence-electron chi connectivity index (χ3n) is 8.87. The Kier molecular flexibility index (Phi) is 9.98. The van der Waals surface area contributed by atoms with Crippen molar-refractivity contribution in [3.63, 3.8) is 0 Å². The van der Waals surface area contributed by atoms with E-state index in [-0.39, 0.29) is 18.5 Å². The van der Waals surface area contributed by atoms with Crippen molar-refractivity contribution in [1.82, 2.24) is 0 Å². The van der Waals surface area contributed by atoms with Crippen LogP contribution in [-0.4, -0.2) is 60.5 Å². The largest absolute Gasteiger partial charge is 0.554 e. The van der Waals surface area contributed by atoms with Crippen molar-refractivity contribution in [2.75, 3.05) is 13.1 Å². The fourth-order valence-electron chi connectivity index (χ4n) is 7.09. The minimum absolute atomic E-state index is 0.136. The number of hydrogen-bond donors (Lipinski definition) is 0. The van der Waals surface area contributed by atoms with E-state index in [0.29, 0.717) is 29.6 Å². The van der Waals surface area contributed by atoms with Gasteiger partial charge in [-0.2, -0.15) is 0 Å². The zero-order valence-electron chi connectivity index (χ0n) is 23.5. The molecule has 40 heavy (non-hydrogen) atoms. The van der Waals surface area contributed by atoms with Crippen molar-refractivity contribution in [1.29, 1.82) is 0 Å². The summed E-state index contributed by atoms with van der Waals surface area (Å²) in [5.74, 6) is -0.797. The van der Waals surface area contributed by atoms with Gasteiger partial charge in [-0.1, -0.05) is 74.5 Å². The van der Waals surface area contributed by atoms with E-state index in [9.17, 15) is 9.59 Å². The zero-order chi connectivity index (χ0) is 28.6. The molecule has 216 valence electrons. The molecule has 2 aromatic carbocycles. The van der Waals surface area contributed by atoms with Crippen molar-refractivity contribution >= 4 is 18.4 Å².